The Bertz CT molecular complexity index is 671. The first-order chi connectivity index (χ1) is 10.3. The van der Waals surface area contributed by atoms with Crippen molar-refractivity contribution in [3.8, 4) is 5.75 Å². The van der Waals surface area contributed by atoms with Gasteiger partial charge in [-0.25, -0.2) is 4.98 Å². The monoisotopic (exact) mass is 318 g/mol. The molecule has 0 aliphatic carbocycles. The number of hydrogen-bond acceptors (Lipinski definition) is 5. The minimum absolute atomic E-state index is 0.00955. The third-order valence-corrected chi connectivity index (χ3v) is 4.09. The third-order valence-electron chi connectivity index (χ3n) is 3.22. The highest BCUT2D eigenvalue weighted by atomic mass is 32.1. The van der Waals surface area contributed by atoms with Gasteiger partial charge in [0.15, 0.2) is 0 Å². The van der Waals surface area contributed by atoms with E-state index in [0.29, 0.717) is 12.3 Å². The summed E-state index contributed by atoms with van der Waals surface area (Å²) in [5, 5.41) is 13.1. The van der Waals surface area contributed by atoms with Crippen molar-refractivity contribution in [3.63, 3.8) is 0 Å². The molecule has 0 bridgehead atoms. The lowest BCUT2D eigenvalue weighted by Crippen LogP contribution is -2.24. The lowest BCUT2D eigenvalue weighted by molar-refractivity contribution is -0.304. The van der Waals surface area contributed by atoms with E-state index in [1.807, 2.05) is 12.1 Å². The van der Waals surface area contributed by atoms with Gasteiger partial charge in [-0.05, 0) is 24.0 Å². The maximum Gasteiger partial charge on any atom is 0.140 e. The molecule has 4 nitrogen and oxygen atoms in total. The summed E-state index contributed by atoms with van der Waals surface area (Å²) in [6.07, 6.45) is -0.158. The van der Waals surface area contributed by atoms with Crippen LogP contribution < -0.4 is 9.84 Å². The number of hydrogen-bond donors (Lipinski definition) is 0. The summed E-state index contributed by atoms with van der Waals surface area (Å²) in [6.45, 7) is 8.85. The maximum atomic E-state index is 10.6. The molecule has 1 heterocycles. The number of thiazole rings is 1. The Morgan fingerprint density at radius 2 is 2.09 bits per heavy atom. The molecule has 0 N–H and O–H groups in total. The van der Waals surface area contributed by atoms with Gasteiger partial charge in [-0.1, -0.05) is 38.5 Å². The zero-order chi connectivity index (χ0) is 16.3. The summed E-state index contributed by atoms with van der Waals surface area (Å²) in [6, 6.07) is 6.14. The van der Waals surface area contributed by atoms with Crippen molar-refractivity contribution in [2.45, 2.75) is 46.1 Å². The number of aryl methyl sites for hydroxylation is 1. The fourth-order valence-corrected chi connectivity index (χ4v) is 2.84. The van der Waals surface area contributed by atoms with E-state index in [4.69, 9.17) is 4.74 Å². The molecule has 0 atom stereocenters. The molecule has 0 saturated carbocycles. The van der Waals surface area contributed by atoms with Crippen molar-refractivity contribution in [1.29, 1.82) is 0 Å². The molecule has 1 aromatic heterocycles. The molecule has 0 aliphatic heterocycles. The van der Waals surface area contributed by atoms with Gasteiger partial charge < -0.3 is 14.6 Å². The average Bonchev–Trinajstić information content (AvgIpc) is 2.83. The average molecular weight is 318 g/mol. The molecule has 0 spiro atoms. The summed E-state index contributed by atoms with van der Waals surface area (Å²) in [5.74, 6) is -0.277. The number of carbonyl (C=O) groups is 1. The number of nitrogens with zero attached hydrogens (tertiary/aromatic N) is 1. The van der Waals surface area contributed by atoms with E-state index < -0.39 is 5.97 Å². The number of carboxylic acid groups (broad SMARTS) is 1. The standard InChI is InChI=1S/C17H21NO3S/c1-11-5-6-14(13(7-11)17(2,3)4)21-9-15-18-12(10-22-15)8-16(19)20/h5-7,10H,8-9H2,1-4H3,(H,19,20)/p-1. The molecule has 1 aromatic carbocycles. The first kappa shape index (κ1) is 16.5. The minimum Gasteiger partial charge on any atom is -0.550 e. The second-order valence-corrected chi connectivity index (χ2v) is 7.26. The van der Waals surface area contributed by atoms with Crippen LogP contribution in [-0.4, -0.2) is 11.0 Å². The van der Waals surface area contributed by atoms with E-state index in [-0.39, 0.29) is 11.8 Å². The Balaban J connectivity index is 2.11. The van der Waals surface area contributed by atoms with E-state index in [9.17, 15) is 9.90 Å². The van der Waals surface area contributed by atoms with Crippen LogP contribution in [0, 0.1) is 6.92 Å². The molecule has 0 aliphatic rings. The van der Waals surface area contributed by atoms with Crippen LogP contribution in [0.4, 0.5) is 0 Å². The largest absolute Gasteiger partial charge is 0.550 e. The Morgan fingerprint density at radius 3 is 2.73 bits per heavy atom. The molecular formula is C17H20NO3S-. The zero-order valence-electron chi connectivity index (χ0n) is 13.3. The first-order valence-electron chi connectivity index (χ1n) is 7.13. The topological polar surface area (TPSA) is 62.2 Å². The number of ether oxygens (including phenoxy) is 1. The lowest BCUT2D eigenvalue weighted by Gasteiger charge is -2.23. The smallest absolute Gasteiger partial charge is 0.140 e. The lowest BCUT2D eigenvalue weighted by atomic mass is 9.85. The molecule has 5 heteroatoms. The highest BCUT2D eigenvalue weighted by Gasteiger charge is 2.19. The number of rotatable bonds is 5. The van der Waals surface area contributed by atoms with Crippen LogP contribution in [0.15, 0.2) is 23.6 Å². The second kappa shape index (κ2) is 6.48. The Morgan fingerprint density at radius 1 is 1.36 bits per heavy atom. The van der Waals surface area contributed by atoms with Crippen LogP contribution >= 0.6 is 11.3 Å². The van der Waals surface area contributed by atoms with Gasteiger partial charge in [0.2, 0.25) is 0 Å². The molecule has 0 radical (unpaired) electrons. The molecule has 0 fully saturated rings. The fourth-order valence-electron chi connectivity index (χ4n) is 2.14. The van der Waals surface area contributed by atoms with E-state index in [0.717, 1.165) is 16.3 Å². The zero-order valence-corrected chi connectivity index (χ0v) is 14.1. The maximum absolute atomic E-state index is 10.6. The predicted octanol–water partition coefficient (Wildman–Crippen LogP) is 2.62. The summed E-state index contributed by atoms with van der Waals surface area (Å²) in [5.41, 5.74) is 2.86. The molecule has 22 heavy (non-hydrogen) atoms. The van der Waals surface area contributed by atoms with Gasteiger partial charge in [0, 0.05) is 17.8 Å². The summed E-state index contributed by atoms with van der Waals surface area (Å²) >= 11 is 1.40. The Kier molecular flexibility index (Phi) is 4.86. The van der Waals surface area contributed by atoms with E-state index in [1.165, 1.54) is 16.9 Å². The highest BCUT2D eigenvalue weighted by Crippen LogP contribution is 2.32. The van der Waals surface area contributed by atoms with E-state index in [2.05, 4.69) is 38.7 Å². The number of carbonyl (C=O) groups excluding carboxylic acids is 1. The van der Waals surface area contributed by atoms with Crippen molar-refractivity contribution in [3.05, 3.63) is 45.4 Å². The predicted molar refractivity (Wildman–Crippen MR) is 85.0 cm³/mol. The first-order valence-corrected chi connectivity index (χ1v) is 8.01. The van der Waals surface area contributed by atoms with Gasteiger partial charge in [-0.15, -0.1) is 11.3 Å². The van der Waals surface area contributed by atoms with Crippen molar-refractivity contribution < 1.29 is 14.6 Å². The third kappa shape index (κ3) is 4.31. The molecule has 118 valence electrons. The number of carboxylic acids is 1. The van der Waals surface area contributed by atoms with Gasteiger partial charge in [-0.3, -0.25) is 0 Å². The number of aromatic nitrogens is 1. The van der Waals surface area contributed by atoms with Gasteiger partial charge in [0.05, 0.1) is 5.69 Å². The highest BCUT2D eigenvalue weighted by molar-refractivity contribution is 7.09. The Labute approximate surface area is 134 Å². The minimum atomic E-state index is -1.12. The summed E-state index contributed by atoms with van der Waals surface area (Å²) < 4.78 is 5.91. The number of aliphatic carboxylic acids is 1. The van der Waals surface area contributed by atoms with Crippen LogP contribution in [0.5, 0.6) is 5.75 Å². The quantitative estimate of drug-likeness (QED) is 0.850. The Hall–Kier alpha value is -1.88. The van der Waals surface area contributed by atoms with Gasteiger partial charge >= 0.3 is 0 Å². The van der Waals surface area contributed by atoms with Crippen molar-refractivity contribution >= 4 is 17.3 Å². The van der Waals surface area contributed by atoms with Gasteiger partial charge in [-0.2, -0.15) is 0 Å². The molecule has 0 unspecified atom stereocenters. The fraction of sp³-hybridized carbons (Fsp3) is 0.412. The van der Waals surface area contributed by atoms with Crippen LogP contribution in [0.25, 0.3) is 0 Å². The molecule has 0 amide bonds. The molecular weight excluding hydrogens is 298 g/mol. The normalized spacial score (nSPS) is 11.5. The van der Waals surface area contributed by atoms with Crippen LogP contribution in [0.1, 0.15) is 42.6 Å². The van der Waals surface area contributed by atoms with Gasteiger partial charge in [0.1, 0.15) is 17.4 Å². The van der Waals surface area contributed by atoms with Crippen LogP contribution in [-0.2, 0) is 23.2 Å². The van der Waals surface area contributed by atoms with Crippen LogP contribution in [0.2, 0.25) is 0 Å². The summed E-state index contributed by atoms with van der Waals surface area (Å²) in [7, 11) is 0. The van der Waals surface area contributed by atoms with Gasteiger partial charge in [0.25, 0.3) is 0 Å². The molecule has 0 saturated heterocycles. The molecule has 2 rings (SSSR count). The number of benzene rings is 1. The van der Waals surface area contributed by atoms with Crippen molar-refractivity contribution in [2.24, 2.45) is 0 Å². The van der Waals surface area contributed by atoms with E-state index in [1.54, 1.807) is 5.38 Å². The summed E-state index contributed by atoms with van der Waals surface area (Å²) in [4.78, 5) is 14.8. The second-order valence-electron chi connectivity index (χ2n) is 6.32. The molecule has 2 aromatic rings. The SMILES string of the molecule is Cc1ccc(OCc2nc(CC(=O)[O-])cs2)c(C(C)(C)C)c1. The van der Waals surface area contributed by atoms with Crippen molar-refractivity contribution in [2.75, 3.05) is 0 Å². The van der Waals surface area contributed by atoms with E-state index >= 15 is 0 Å². The van der Waals surface area contributed by atoms with Crippen LogP contribution in [0.3, 0.4) is 0 Å². The van der Waals surface area contributed by atoms with Crippen molar-refractivity contribution in [1.82, 2.24) is 4.98 Å².